The molecular weight excluding hydrogens is 696 g/mol. The van der Waals surface area contributed by atoms with Gasteiger partial charge in [0.25, 0.3) is 0 Å². The number of ether oxygens (including phenoxy) is 14. The molecule has 0 fully saturated rings. The summed E-state index contributed by atoms with van der Waals surface area (Å²) in [6, 6.07) is 0. The van der Waals surface area contributed by atoms with Crippen LogP contribution in [0.25, 0.3) is 0 Å². The number of esters is 1. The fourth-order valence-electron chi connectivity index (χ4n) is 4.32. The molecule has 0 rings (SSSR count). The van der Waals surface area contributed by atoms with E-state index in [1.54, 1.807) is 7.11 Å². The molecule has 0 N–H and O–H groups in total. The van der Waals surface area contributed by atoms with Gasteiger partial charge in [0.2, 0.25) is 0 Å². The van der Waals surface area contributed by atoms with Crippen molar-refractivity contribution >= 4 is 5.97 Å². The maximum absolute atomic E-state index is 12.6. The first kappa shape index (κ1) is 52.0. The lowest BCUT2D eigenvalue weighted by Gasteiger charge is -2.33. The molecule has 0 aromatic rings. The summed E-state index contributed by atoms with van der Waals surface area (Å²) in [7, 11) is 1.64. The number of hydrogen-bond acceptors (Lipinski definition) is 15. The van der Waals surface area contributed by atoms with Crippen LogP contribution < -0.4 is 0 Å². The van der Waals surface area contributed by atoms with Gasteiger partial charge in [-0.2, -0.15) is 0 Å². The summed E-state index contributed by atoms with van der Waals surface area (Å²) in [6.07, 6.45) is 0.781. The van der Waals surface area contributed by atoms with Gasteiger partial charge in [0.15, 0.2) is 0 Å². The van der Waals surface area contributed by atoms with Crippen molar-refractivity contribution in [2.75, 3.05) is 179 Å². The average Bonchev–Trinajstić information content (AvgIpc) is 3.10. The monoisotopic (exact) mass is 773 g/mol. The van der Waals surface area contributed by atoms with Gasteiger partial charge in [-0.3, -0.25) is 4.79 Å². The highest BCUT2D eigenvalue weighted by molar-refractivity contribution is 5.73. The minimum Gasteiger partial charge on any atom is -0.463 e. The highest BCUT2D eigenvalue weighted by Gasteiger charge is 2.35. The van der Waals surface area contributed by atoms with E-state index < -0.39 is 0 Å². The van der Waals surface area contributed by atoms with E-state index in [1.807, 2.05) is 0 Å². The number of hydrogen-bond donors (Lipinski definition) is 0. The van der Waals surface area contributed by atoms with Crippen molar-refractivity contribution in [1.82, 2.24) is 0 Å². The zero-order valence-electron chi connectivity index (χ0n) is 34.3. The van der Waals surface area contributed by atoms with E-state index in [0.29, 0.717) is 165 Å². The summed E-state index contributed by atoms with van der Waals surface area (Å²) in [6.45, 7) is 25.4. The minimum atomic E-state index is -0.157. The van der Waals surface area contributed by atoms with Gasteiger partial charge in [0.1, 0.15) is 6.61 Å². The third-order valence-electron chi connectivity index (χ3n) is 7.14. The van der Waals surface area contributed by atoms with Crippen LogP contribution in [0.15, 0.2) is 0 Å². The van der Waals surface area contributed by atoms with Crippen LogP contribution >= 0.6 is 0 Å². The molecule has 1 atom stereocenters. The van der Waals surface area contributed by atoms with Crippen LogP contribution in [0.2, 0.25) is 0 Å². The Hall–Kier alpha value is -1.05. The molecule has 0 aromatic heterocycles. The molecule has 53 heavy (non-hydrogen) atoms. The third kappa shape index (κ3) is 40.4. The molecule has 0 radical (unpaired) electrons. The van der Waals surface area contributed by atoms with Crippen LogP contribution in [-0.2, 0) is 71.1 Å². The molecule has 0 amide bonds. The van der Waals surface area contributed by atoms with Crippen molar-refractivity contribution in [3.05, 3.63) is 0 Å². The summed E-state index contributed by atoms with van der Waals surface area (Å²) < 4.78 is 76.0. The Balaban J connectivity index is 3.24. The summed E-state index contributed by atoms with van der Waals surface area (Å²) in [5.74, 6) is -0.308. The molecule has 0 aliphatic rings. The Bertz CT molecular complexity index is 761. The van der Waals surface area contributed by atoms with Gasteiger partial charge in [0.05, 0.1) is 171 Å². The van der Waals surface area contributed by atoms with E-state index in [2.05, 4.69) is 41.5 Å². The molecule has 1 unspecified atom stereocenters. The topological polar surface area (TPSA) is 146 Å². The van der Waals surface area contributed by atoms with E-state index in [9.17, 15) is 4.79 Å². The maximum atomic E-state index is 12.6. The molecule has 0 spiro atoms. The number of carbonyl (C=O) groups is 1. The van der Waals surface area contributed by atoms with E-state index >= 15 is 0 Å². The highest BCUT2D eigenvalue weighted by Crippen LogP contribution is 2.36. The molecule has 0 aliphatic carbocycles. The minimum absolute atomic E-state index is 0.0534. The first-order chi connectivity index (χ1) is 25.6. The van der Waals surface area contributed by atoms with Gasteiger partial charge in [-0.15, -0.1) is 0 Å². The Labute approximate surface area is 320 Å². The number of rotatable bonds is 41. The fraction of sp³-hybridized carbons (Fsp3) is 0.974. The summed E-state index contributed by atoms with van der Waals surface area (Å²) in [5, 5.41) is 0. The van der Waals surface area contributed by atoms with E-state index in [4.69, 9.17) is 66.3 Å². The van der Waals surface area contributed by atoms with Crippen LogP contribution in [0.1, 0.15) is 48.0 Å². The molecule has 0 bridgehead atoms. The molecule has 0 saturated heterocycles. The summed E-state index contributed by atoms with van der Waals surface area (Å²) in [4.78, 5) is 12.6. The zero-order chi connectivity index (χ0) is 39.1. The van der Waals surface area contributed by atoms with Gasteiger partial charge in [-0.05, 0) is 17.3 Å². The first-order valence-corrected chi connectivity index (χ1v) is 19.2. The molecule has 15 nitrogen and oxygen atoms in total. The molecule has 0 aliphatic heterocycles. The van der Waals surface area contributed by atoms with Crippen molar-refractivity contribution in [3.8, 4) is 0 Å². The van der Waals surface area contributed by atoms with Gasteiger partial charge < -0.3 is 66.3 Å². The van der Waals surface area contributed by atoms with Crippen molar-refractivity contribution in [2.45, 2.75) is 48.0 Å². The molecule has 0 saturated carbocycles. The largest absolute Gasteiger partial charge is 0.463 e. The molecule has 318 valence electrons. The van der Waals surface area contributed by atoms with Crippen LogP contribution in [0.5, 0.6) is 0 Å². The van der Waals surface area contributed by atoms with Crippen molar-refractivity contribution < 1.29 is 71.1 Å². The maximum Gasteiger partial charge on any atom is 0.309 e. The van der Waals surface area contributed by atoms with Crippen LogP contribution in [0.3, 0.4) is 0 Å². The number of carbonyl (C=O) groups excluding carboxylic acids is 1. The lowest BCUT2D eigenvalue weighted by atomic mass is 9.72. The van der Waals surface area contributed by atoms with Crippen molar-refractivity contribution in [2.24, 2.45) is 16.7 Å². The quantitative estimate of drug-likeness (QED) is 0.0660. The summed E-state index contributed by atoms with van der Waals surface area (Å²) in [5.41, 5.74) is -0.0975. The smallest absolute Gasteiger partial charge is 0.309 e. The molecule has 0 heterocycles. The number of methoxy groups -OCH3 is 1. The Morgan fingerprint density at radius 2 is 0.566 bits per heavy atom. The zero-order valence-corrected chi connectivity index (χ0v) is 34.3. The lowest BCUT2D eigenvalue weighted by Crippen LogP contribution is -2.34. The van der Waals surface area contributed by atoms with Gasteiger partial charge >= 0.3 is 5.97 Å². The normalized spacial score (nSPS) is 12.8. The Kier molecular flexibility index (Phi) is 37.1. The third-order valence-corrected chi connectivity index (χ3v) is 7.14. The van der Waals surface area contributed by atoms with E-state index in [1.165, 1.54) is 0 Å². The second kappa shape index (κ2) is 37.9. The van der Waals surface area contributed by atoms with E-state index in [0.717, 1.165) is 6.42 Å². The second-order valence-electron chi connectivity index (χ2n) is 14.2. The SMILES string of the molecule is COCCOCCOCCOCCOCCOCCOCCOCCOCCOCCOCCOCCOCCOC(=O)C(CC(C)(C)C)C(C)(C)C. The first-order valence-electron chi connectivity index (χ1n) is 19.2. The van der Waals surface area contributed by atoms with Gasteiger partial charge in [-0.1, -0.05) is 41.5 Å². The Morgan fingerprint density at radius 1 is 0.358 bits per heavy atom. The predicted octanol–water partition coefficient (Wildman–Crippen LogP) is 3.47. The van der Waals surface area contributed by atoms with Crippen molar-refractivity contribution in [3.63, 3.8) is 0 Å². The predicted molar refractivity (Wildman–Crippen MR) is 200 cm³/mol. The molecule has 15 heteroatoms. The highest BCUT2D eigenvalue weighted by atomic mass is 16.6. The fourth-order valence-corrected chi connectivity index (χ4v) is 4.32. The van der Waals surface area contributed by atoms with Crippen LogP contribution in [0, 0.1) is 16.7 Å². The van der Waals surface area contributed by atoms with E-state index in [-0.39, 0.29) is 29.3 Å². The summed E-state index contributed by atoms with van der Waals surface area (Å²) >= 11 is 0. The van der Waals surface area contributed by atoms with Gasteiger partial charge in [-0.25, -0.2) is 0 Å². The molecular formula is C38H76O15. The van der Waals surface area contributed by atoms with Gasteiger partial charge in [0, 0.05) is 7.11 Å². The lowest BCUT2D eigenvalue weighted by molar-refractivity contribution is -0.155. The van der Waals surface area contributed by atoms with Crippen LogP contribution in [-0.4, -0.2) is 185 Å². The second-order valence-corrected chi connectivity index (χ2v) is 14.2. The average molecular weight is 773 g/mol. The van der Waals surface area contributed by atoms with Crippen molar-refractivity contribution in [1.29, 1.82) is 0 Å². The Morgan fingerprint density at radius 3 is 0.755 bits per heavy atom. The van der Waals surface area contributed by atoms with Crippen LogP contribution in [0.4, 0.5) is 0 Å². The standard InChI is InChI=1S/C38H76O15/c1-37(2,3)34-35(38(4,5)6)36(39)53-33-32-52-31-30-51-29-28-50-27-26-49-25-24-48-23-22-47-21-20-46-19-18-45-17-16-44-15-14-43-13-12-42-11-10-41-9-8-40-7/h35H,8-34H2,1-7H3. The molecule has 0 aromatic carbocycles.